The Morgan fingerprint density at radius 2 is 1.83 bits per heavy atom. The highest BCUT2D eigenvalue weighted by atomic mass is 32.2. The molecule has 29 heavy (non-hydrogen) atoms. The first-order valence-corrected chi connectivity index (χ1v) is 10.6. The van der Waals surface area contributed by atoms with E-state index in [1.54, 1.807) is 12.1 Å². The summed E-state index contributed by atoms with van der Waals surface area (Å²) in [7, 11) is -2.10. The molecule has 0 aliphatic rings. The number of sulfonamides is 1. The van der Waals surface area contributed by atoms with Gasteiger partial charge in [-0.05, 0) is 61.4 Å². The molecular weight excluding hydrogens is 388 g/mol. The van der Waals surface area contributed by atoms with Crippen molar-refractivity contribution in [2.75, 3.05) is 25.5 Å². The number of nitrogens with zero attached hydrogens (tertiary/aromatic N) is 1. The van der Waals surface area contributed by atoms with Crippen LogP contribution in [-0.2, 0) is 10.0 Å². The maximum atomic E-state index is 12.4. The quantitative estimate of drug-likeness (QED) is 0.581. The molecule has 2 aromatic carbocycles. The van der Waals surface area contributed by atoms with Crippen LogP contribution in [0.2, 0.25) is 0 Å². The molecule has 0 radical (unpaired) electrons. The zero-order chi connectivity index (χ0) is 21.0. The molecule has 0 aliphatic heterocycles. The van der Waals surface area contributed by atoms with Crippen molar-refractivity contribution in [2.45, 2.75) is 18.7 Å². The molecule has 7 nitrogen and oxygen atoms in total. The van der Waals surface area contributed by atoms with E-state index in [1.807, 2.05) is 26.0 Å². The molecule has 1 heterocycles. The molecule has 0 saturated carbocycles. The highest BCUT2D eigenvalue weighted by Gasteiger charge is 2.16. The lowest BCUT2D eigenvalue weighted by Crippen LogP contribution is -2.30. The Morgan fingerprint density at radius 3 is 2.48 bits per heavy atom. The normalized spacial score (nSPS) is 11.2. The Labute approximate surface area is 170 Å². The van der Waals surface area contributed by atoms with Gasteiger partial charge in [0.1, 0.15) is 22.9 Å². The van der Waals surface area contributed by atoms with Crippen molar-refractivity contribution in [3.8, 4) is 11.8 Å². The first-order valence-electron chi connectivity index (χ1n) is 9.09. The second-order valence-corrected chi connectivity index (χ2v) is 8.48. The van der Waals surface area contributed by atoms with Crippen LogP contribution in [0.1, 0.15) is 16.7 Å². The molecule has 0 saturated heterocycles. The second-order valence-electron chi connectivity index (χ2n) is 6.71. The lowest BCUT2D eigenvalue weighted by atomic mass is 10.0. The number of hydrogen-bond acceptors (Lipinski definition) is 5. The van der Waals surface area contributed by atoms with Gasteiger partial charge in [0, 0.05) is 11.9 Å². The van der Waals surface area contributed by atoms with Crippen LogP contribution >= 0.6 is 0 Å². The summed E-state index contributed by atoms with van der Waals surface area (Å²) in [5.74, 6) is 1.15. The zero-order valence-corrected chi connectivity index (χ0v) is 17.4. The van der Waals surface area contributed by atoms with Crippen LogP contribution in [-0.4, -0.2) is 28.6 Å². The SMILES string of the molecule is COc1ccc(S(=O)(=O)NCCNc2[nH+]c3cc(C)cc(C)c3cc2C#N)cc1. The molecule has 3 rings (SSSR count). The van der Waals surface area contributed by atoms with Crippen molar-refractivity contribution in [3.63, 3.8) is 0 Å². The Morgan fingerprint density at radius 1 is 1.10 bits per heavy atom. The van der Waals surface area contributed by atoms with E-state index < -0.39 is 10.0 Å². The minimum absolute atomic E-state index is 0.165. The van der Waals surface area contributed by atoms with E-state index >= 15 is 0 Å². The molecule has 0 spiro atoms. The molecule has 0 unspecified atom stereocenters. The molecule has 0 fully saturated rings. The molecule has 3 N–H and O–H groups in total. The number of methoxy groups -OCH3 is 1. The van der Waals surface area contributed by atoms with Crippen LogP contribution < -0.4 is 19.8 Å². The Bertz CT molecular complexity index is 1180. The fourth-order valence-corrected chi connectivity index (χ4v) is 4.16. The van der Waals surface area contributed by atoms with Crippen molar-refractivity contribution in [2.24, 2.45) is 0 Å². The molecular formula is C21H23N4O3S+. The van der Waals surface area contributed by atoms with E-state index in [-0.39, 0.29) is 11.4 Å². The number of rotatable bonds is 7. The van der Waals surface area contributed by atoms with Gasteiger partial charge >= 0.3 is 0 Å². The summed E-state index contributed by atoms with van der Waals surface area (Å²) in [5, 5.41) is 13.6. The van der Waals surface area contributed by atoms with E-state index in [0.717, 1.165) is 22.0 Å². The second kappa shape index (κ2) is 8.47. The predicted octanol–water partition coefficient (Wildman–Crippen LogP) is 2.54. The molecule has 1 aromatic heterocycles. The number of pyridine rings is 1. The Balaban J connectivity index is 1.69. The van der Waals surface area contributed by atoms with Crippen LogP contribution in [0.25, 0.3) is 10.9 Å². The summed E-state index contributed by atoms with van der Waals surface area (Å²) in [6.45, 7) is 4.50. The van der Waals surface area contributed by atoms with E-state index in [9.17, 15) is 13.7 Å². The molecule has 0 aliphatic carbocycles. The maximum absolute atomic E-state index is 12.4. The number of nitriles is 1. The number of nitrogens with one attached hydrogen (secondary N) is 3. The maximum Gasteiger partial charge on any atom is 0.290 e. The summed E-state index contributed by atoms with van der Waals surface area (Å²) in [6, 6.07) is 14.3. The summed E-state index contributed by atoms with van der Waals surface area (Å²) in [4.78, 5) is 3.41. The summed E-state index contributed by atoms with van der Waals surface area (Å²) in [5.41, 5.74) is 3.60. The van der Waals surface area contributed by atoms with Gasteiger partial charge in [-0.3, -0.25) is 5.32 Å². The first kappa shape index (κ1) is 20.6. The van der Waals surface area contributed by atoms with Gasteiger partial charge in [0.2, 0.25) is 10.0 Å². The van der Waals surface area contributed by atoms with Gasteiger partial charge in [0.25, 0.3) is 5.82 Å². The topological polar surface area (TPSA) is 105 Å². The number of hydrogen-bond donors (Lipinski definition) is 2. The van der Waals surface area contributed by atoms with Crippen LogP contribution in [0.3, 0.4) is 0 Å². The summed E-state index contributed by atoms with van der Waals surface area (Å²) >= 11 is 0. The fourth-order valence-electron chi connectivity index (χ4n) is 3.13. The van der Waals surface area contributed by atoms with E-state index in [4.69, 9.17) is 4.74 Å². The van der Waals surface area contributed by atoms with Gasteiger partial charge < -0.3 is 4.74 Å². The summed E-state index contributed by atoms with van der Waals surface area (Å²) in [6.07, 6.45) is 0. The lowest BCUT2D eigenvalue weighted by Gasteiger charge is -2.08. The molecule has 3 aromatic rings. The van der Waals surface area contributed by atoms with Crippen LogP contribution in [0, 0.1) is 25.2 Å². The van der Waals surface area contributed by atoms with Crippen LogP contribution in [0.4, 0.5) is 5.82 Å². The highest BCUT2D eigenvalue weighted by Crippen LogP contribution is 2.21. The third-order valence-electron chi connectivity index (χ3n) is 4.56. The van der Waals surface area contributed by atoms with Gasteiger partial charge in [0.15, 0.2) is 0 Å². The largest absolute Gasteiger partial charge is 0.497 e. The number of aromatic nitrogens is 1. The fraction of sp³-hybridized carbons (Fsp3) is 0.238. The Kier molecular flexibility index (Phi) is 6.01. The van der Waals surface area contributed by atoms with Crippen LogP contribution in [0.15, 0.2) is 47.4 Å². The first-order chi connectivity index (χ1) is 13.8. The number of H-pyrrole nitrogens is 1. The minimum Gasteiger partial charge on any atom is -0.497 e. The van der Waals surface area contributed by atoms with E-state index in [0.29, 0.717) is 23.7 Å². The number of anilines is 1. The highest BCUT2D eigenvalue weighted by molar-refractivity contribution is 7.89. The van der Waals surface area contributed by atoms with E-state index in [1.165, 1.54) is 19.2 Å². The number of ether oxygens (including phenoxy) is 1. The minimum atomic E-state index is -3.62. The number of benzene rings is 2. The molecule has 150 valence electrons. The average molecular weight is 412 g/mol. The van der Waals surface area contributed by atoms with Gasteiger partial charge in [0.05, 0.1) is 18.6 Å². The standard InChI is InChI=1S/C21H22N4O3S/c1-14-10-15(2)19-12-16(13-22)21(25-20(19)11-14)23-8-9-24-29(26,27)18-6-4-17(28-3)5-7-18/h4-7,10-12,24H,8-9H2,1-3H3,(H,23,25)/p+1. The van der Waals surface area contributed by atoms with Gasteiger partial charge in [-0.2, -0.15) is 5.26 Å². The monoisotopic (exact) mass is 411 g/mol. The lowest BCUT2D eigenvalue weighted by molar-refractivity contribution is -0.327. The number of fused-ring (bicyclic) bond motifs is 1. The zero-order valence-electron chi connectivity index (χ0n) is 16.5. The Hall–Kier alpha value is -3.15. The number of aryl methyl sites for hydroxylation is 2. The van der Waals surface area contributed by atoms with Crippen molar-refractivity contribution < 1.29 is 18.1 Å². The van der Waals surface area contributed by atoms with Crippen molar-refractivity contribution in [1.82, 2.24) is 4.72 Å². The average Bonchev–Trinajstić information content (AvgIpc) is 2.70. The van der Waals surface area contributed by atoms with E-state index in [2.05, 4.69) is 27.2 Å². The molecule has 8 heteroatoms. The predicted molar refractivity (Wildman–Crippen MR) is 111 cm³/mol. The van der Waals surface area contributed by atoms with Crippen LogP contribution in [0.5, 0.6) is 5.75 Å². The van der Waals surface area contributed by atoms with Crippen molar-refractivity contribution in [3.05, 3.63) is 59.2 Å². The molecule has 0 atom stereocenters. The third-order valence-corrected chi connectivity index (χ3v) is 6.03. The molecule has 0 amide bonds. The smallest absolute Gasteiger partial charge is 0.290 e. The molecule has 0 bridgehead atoms. The van der Waals surface area contributed by atoms with Crippen molar-refractivity contribution in [1.29, 1.82) is 5.26 Å². The van der Waals surface area contributed by atoms with Gasteiger partial charge in [-0.1, -0.05) is 6.07 Å². The van der Waals surface area contributed by atoms with Gasteiger partial charge in [-0.15, -0.1) is 0 Å². The van der Waals surface area contributed by atoms with Crippen molar-refractivity contribution >= 4 is 26.7 Å². The third kappa shape index (κ3) is 4.65. The summed E-state index contributed by atoms with van der Waals surface area (Å²) < 4.78 is 32.3. The number of aromatic amines is 1. The van der Waals surface area contributed by atoms with Gasteiger partial charge in [-0.25, -0.2) is 18.1 Å².